The van der Waals surface area contributed by atoms with Gasteiger partial charge in [0.1, 0.15) is 17.8 Å². The maximum atomic E-state index is 12.0. The van der Waals surface area contributed by atoms with Crippen molar-refractivity contribution in [2.75, 3.05) is 10.7 Å². The molecule has 7 nitrogen and oxygen atoms in total. The fourth-order valence-electron chi connectivity index (χ4n) is 1.62. The number of nitrogens with one attached hydrogen (secondary N) is 2. The Balaban J connectivity index is 2.19. The molecule has 2 rings (SSSR count). The Morgan fingerprint density at radius 3 is 2.38 bits per heavy atom. The number of nitrogen functional groups attached to an aromatic ring is 1. The molecular formula is C14H10N6O. The molecule has 0 fully saturated rings. The van der Waals surface area contributed by atoms with E-state index in [9.17, 15) is 4.79 Å². The van der Waals surface area contributed by atoms with Gasteiger partial charge in [-0.05, 0) is 30.3 Å². The molecule has 0 unspecified atom stereocenters. The molecule has 4 N–H and O–H groups in total. The van der Waals surface area contributed by atoms with E-state index in [1.807, 2.05) is 12.1 Å². The van der Waals surface area contributed by atoms with Crippen molar-refractivity contribution in [1.82, 2.24) is 4.98 Å². The Morgan fingerprint density at radius 1 is 1.10 bits per heavy atom. The van der Waals surface area contributed by atoms with Gasteiger partial charge in [-0.3, -0.25) is 10.6 Å². The molecule has 0 saturated heterocycles. The molecule has 0 aliphatic rings. The Hall–Kier alpha value is -3.42. The van der Waals surface area contributed by atoms with Crippen molar-refractivity contribution in [1.29, 1.82) is 10.5 Å². The van der Waals surface area contributed by atoms with Gasteiger partial charge in [-0.1, -0.05) is 0 Å². The minimum absolute atomic E-state index is 0.200. The van der Waals surface area contributed by atoms with E-state index in [1.54, 1.807) is 12.1 Å². The van der Waals surface area contributed by atoms with E-state index < -0.39 is 5.91 Å². The van der Waals surface area contributed by atoms with Crippen LogP contribution in [0.15, 0.2) is 36.5 Å². The van der Waals surface area contributed by atoms with Crippen LogP contribution in [0.4, 0.5) is 11.4 Å². The summed E-state index contributed by atoms with van der Waals surface area (Å²) in [7, 11) is 0. The van der Waals surface area contributed by atoms with Crippen LogP contribution in [0.2, 0.25) is 0 Å². The lowest BCUT2D eigenvalue weighted by Gasteiger charge is -2.06. The molecule has 0 spiro atoms. The Labute approximate surface area is 120 Å². The SMILES string of the molecule is N#Cc1ccc(NC(=O)c2ccc(NN)cn2)cc1C#N. The van der Waals surface area contributed by atoms with Crippen LogP contribution in [0.3, 0.4) is 0 Å². The molecular weight excluding hydrogens is 268 g/mol. The quantitative estimate of drug-likeness (QED) is 0.574. The summed E-state index contributed by atoms with van der Waals surface area (Å²) in [4.78, 5) is 15.9. The first-order chi connectivity index (χ1) is 10.2. The lowest BCUT2D eigenvalue weighted by Crippen LogP contribution is -2.14. The number of rotatable bonds is 3. The highest BCUT2D eigenvalue weighted by Gasteiger charge is 2.09. The van der Waals surface area contributed by atoms with Crippen molar-refractivity contribution >= 4 is 17.3 Å². The van der Waals surface area contributed by atoms with Crippen molar-refractivity contribution in [2.45, 2.75) is 0 Å². The van der Waals surface area contributed by atoms with E-state index in [-0.39, 0.29) is 16.8 Å². The number of pyridine rings is 1. The van der Waals surface area contributed by atoms with E-state index in [4.69, 9.17) is 16.4 Å². The number of hydrazine groups is 1. The zero-order valence-corrected chi connectivity index (χ0v) is 10.8. The highest BCUT2D eigenvalue weighted by Crippen LogP contribution is 2.15. The largest absolute Gasteiger partial charge is 0.323 e. The summed E-state index contributed by atoms with van der Waals surface area (Å²) in [5, 5.41) is 20.4. The van der Waals surface area contributed by atoms with Gasteiger partial charge in [0, 0.05) is 5.69 Å². The van der Waals surface area contributed by atoms with Gasteiger partial charge in [0.2, 0.25) is 0 Å². The van der Waals surface area contributed by atoms with E-state index in [0.717, 1.165) is 0 Å². The average molecular weight is 278 g/mol. The minimum atomic E-state index is -0.424. The third-order valence-corrected chi connectivity index (χ3v) is 2.68. The maximum absolute atomic E-state index is 12.0. The molecule has 0 atom stereocenters. The topological polar surface area (TPSA) is 128 Å². The molecule has 0 aliphatic carbocycles. The number of carbonyl (C=O) groups is 1. The molecule has 1 aromatic carbocycles. The Bertz CT molecular complexity index is 755. The molecule has 0 saturated carbocycles. The van der Waals surface area contributed by atoms with Crippen LogP contribution in [0.1, 0.15) is 21.6 Å². The summed E-state index contributed by atoms with van der Waals surface area (Å²) in [6.45, 7) is 0. The predicted molar refractivity (Wildman–Crippen MR) is 75.9 cm³/mol. The number of nitriles is 2. The van der Waals surface area contributed by atoms with Gasteiger partial charge in [0.15, 0.2) is 0 Å². The van der Waals surface area contributed by atoms with Crippen molar-refractivity contribution in [3.63, 3.8) is 0 Å². The van der Waals surface area contributed by atoms with Crippen LogP contribution < -0.4 is 16.6 Å². The lowest BCUT2D eigenvalue weighted by atomic mass is 10.1. The third kappa shape index (κ3) is 3.13. The summed E-state index contributed by atoms with van der Waals surface area (Å²) in [6.07, 6.45) is 1.43. The first-order valence-electron chi connectivity index (χ1n) is 5.86. The van der Waals surface area contributed by atoms with Gasteiger partial charge in [0.25, 0.3) is 5.91 Å². The zero-order valence-electron chi connectivity index (χ0n) is 10.8. The second-order valence-corrected chi connectivity index (χ2v) is 4.01. The van der Waals surface area contributed by atoms with E-state index in [2.05, 4.69) is 15.7 Å². The molecule has 7 heteroatoms. The number of benzene rings is 1. The number of aromatic nitrogens is 1. The smallest absolute Gasteiger partial charge is 0.274 e. The highest BCUT2D eigenvalue weighted by molar-refractivity contribution is 6.03. The van der Waals surface area contributed by atoms with Crippen molar-refractivity contribution < 1.29 is 4.79 Å². The van der Waals surface area contributed by atoms with E-state index in [0.29, 0.717) is 11.4 Å². The predicted octanol–water partition coefficient (Wildman–Crippen LogP) is 1.36. The van der Waals surface area contributed by atoms with Gasteiger partial charge < -0.3 is 10.7 Å². The van der Waals surface area contributed by atoms with Crippen molar-refractivity contribution in [3.05, 3.63) is 53.3 Å². The van der Waals surface area contributed by atoms with Gasteiger partial charge in [0.05, 0.1) is 23.0 Å². The molecule has 102 valence electrons. The summed E-state index contributed by atoms with van der Waals surface area (Å²) < 4.78 is 0. The van der Waals surface area contributed by atoms with Gasteiger partial charge >= 0.3 is 0 Å². The second kappa shape index (κ2) is 6.15. The van der Waals surface area contributed by atoms with Gasteiger partial charge in [-0.25, -0.2) is 4.98 Å². The number of hydrogen-bond donors (Lipinski definition) is 3. The maximum Gasteiger partial charge on any atom is 0.274 e. The molecule has 0 aliphatic heterocycles. The van der Waals surface area contributed by atoms with E-state index >= 15 is 0 Å². The van der Waals surface area contributed by atoms with E-state index in [1.165, 1.54) is 24.4 Å². The second-order valence-electron chi connectivity index (χ2n) is 4.01. The third-order valence-electron chi connectivity index (χ3n) is 2.68. The molecule has 21 heavy (non-hydrogen) atoms. The van der Waals surface area contributed by atoms with Crippen LogP contribution in [-0.2, 0) is 0 Å². The molecule has 1 amide bonds. The summed E-state index contributed by atoms with van der Waals surface area (Å²) in [5.41, 5.74) is 4.07. The molecule has 1 heterocycles. The fourth-order valence-corrected chi connectivity index (χ4v) is 1.62. The van der Waals surface area contributed by atoms with Crippen LogP contribution in [0, 0.1) is 22.7 Å². The molecule has 0 bridgehead atoms. The number of nitrogens with two attached hydrogens (primary N) is 1. The minimum Gasteiger partial charge on any atom is -0.323 e. The van der Waals surface area contributed by atoms with Crippen molar-refractivity contribution in [3.8, 4) is 12.1 Å². The summed E-state index contributed by atoms with van der Waals surface area (Å²) in [6, 6.07) is 11.4. The average Bonchev–Trinajstić information content (AvgIpc) is 2.54. The van der Waals surface area contributed by atoms with Gasteiger partial charge in [-0.15, -0.1) is 0 Å². The van der Waals surface area contributed by atoms with Crippen LogP contribution in [0.25, 0.3) is 0 Å². The zero-order chi connectivity index (χ0) is 15.2. The highest BCUT2D eigenvalue weighted by atomic mass is 16.1. The Morgan fingerprint density at radius 2 is 1.81 bits per heavy atom. The number of carbonyl (C=O) groups excluding carboxylic acids is 1. The standard InChI is InChI=1S/C14H10N6O/c15-6-9-1-2-11(5-10(9)7-16)19-14(21)13-4-3-12(20-17)8-18-13/h1-5,8,20H,17H2,(H,19,21). The first-order valence-corrected chi connectivity index (χ1v) is 5.86. The summed E-state index contributed by atoms with van der Waals surface area (Å²) in [5.74, 6) is 4.79. The number of nitrogens with zero attached hydrogens (tertiary/aromatic N) is 3. The monoisotopic (exact) mass is 278 g/mol. The summed E-state index contributed by atoms with van der Waals surface area (Å²) >= 11 is 0. The Kier molecular flexibility index (Phi) is 4.10. The number of anilines is 2. The van der Waals surface area contributed by atoms with Crippen LogP contribution >= 0.6 is 0 Å². The lowest BCUT2D eigenvalue weighted by molar-refractivity contribution is 0.102. The number of hydrogen-bond acceptors (Lipinski definition) is 6. The molecule has 2 aromatic rings. The molecule has 0 radical (unpaired) electrons. The van der Waals surface area contributed by atoms with Crippen LogP contribution in [-0.4, -0.2) is 10.9 Å². The molecule has 1 aromatic heterocycles. The van der Waals surface area contributed by atoms with Crippen LogP contribution in [0.5, 0.6) is 0 Å². The van der Waals surface area contributed by atoms with Crippen molar-refractivity contribution in [2.24, 2.45) is 5.84 Å². The normalized spacial score (nSPS) is 9.29. The number of amides is 1. The fraction of sp³-hybridized carbons (Fsp3) is 0. The van der Waals surface area contributed by atoms with Gasteiger partial charge in [-0.2, -0.15) is 10.5 Å². The first kappa shape index (κ1) is 14.0.